The van der Waals surface area contributed by atoms with Crippen molar-refractivity contribution >= 4 is 5.82 Å². The number of aromatic nitrogens is 1. The summed E-state index contributed by atoms with van der Waals surface area (Å²) in [6.45, 7) is 5.14. The standard InChI is InChI=1S/C17H27N3/c1-4-12-19(13-5-1)14-6-8-16-9-7-15-20(16)17-10-2-3-11-18-17/h2-3,10-11,16H,1,4-9,12-15H2/t16-/m1/s1. The molecule has 1 atom stereocenters. The van der Waals surface area contributed by atoms with Crippen LogP contribution in [0.1, 0.15) is 44.9 Å². The van der Waals surface area contributed by atoms with Crippen LogP contribution < -0.4 is 4.90 Å². The van der Waals surface area contributed by atoms with Crippen LogP contribution in [0.15, 0.2) is 24.4 Å². The number of hydrogen-bond acceptors (Lipinski definition) is 3. The lowest BCUT2D eigenvalue weighted by Gasteiger charge is -2.29. The molecule has 3 rings (SSSR count). The Kier molecular flexibility index (Phi) is 4.91. The molecule has 2 saturated heterocycles. The van der Waals surface area contributed by atoms with Gasteiger partial charge < -0.3 is 9.80 Å². The van der Waals surface area contributed by atoms with Crippen LogP contribution in [0.2, 0.25) is 0 Å². The second-order valence-electron chi connectivity index (χ2n) is 6.22. The SMILES string of the molecule is c1ccc(N2CCC[C@H]2CCCN2CCCCC2)nc1. The summed E-state index contributed by atoms with van der Waals surface area (Å²) < 4.78 is 0. The first-order valence-corrected chi connectivity index (χ1v) is 8.33. The van der Waals surface area contributed by atoms with Gasteiger partial charge in [0.15, 0.2) is 0 Å². The molecule has 3 heteroatoms. The van der Waals surface area contributed by atoms with Crippen LogP contribution >= 0.6 is 0 Å². The van der Waals surface area contributed by atoms with Crippen molar-refractivity contribution in [3.05, 3.63) is 24.4 Å². The zero-order valence-corrected chi connectivity index (χ0v) is 12.5. The quantitative estimate of drug-likeness (QED) is 0.820. The smallest absolute Gasteiger partial charge is 0.128 e. The number of likely N-dealkylation sites (tertiary alicyclic amines) is 1. The van der Waals surface area contributed by atoms with E-state index in [1.807, 2.05) is 12.3 Å². The van der Waals surface area contributed by atoms with Gasteiger partial charge in [0.05, 0.1) is 0 Å². The van der Waals surface area contributed by atoms with E-state index in [0.29, 0.717) is 0 Å². The van der Waals surface area contributed by atoms with Gasteiger partial charge in [0, 0.05) is 18.8 Å². The fourth-order valence-corrected chi connectivity index (χ4v) is 3.69. The number of pyridine rings is 1. The summed E-state index contributed by atoms with van der Waals surface area (Å²) in [5, 5.41) is 0. The summed E-state index contributed by atoms with van der Waals surface area (Å²) in [6, 6.07) is 6.98. The molecule has 1 aromatic heterocycles. The lowest BCUT2D eigenvalue weighted by molar-refractivity contribution is 0.223. The molecule has 0 saturated carbocycles. The van der Waals surface area contributed by atoms with Gasteiger partial charge in [-0.25, -0.2) is 4.98 Å². The molecule has 0 aromatic carbocycles. The molecule has 3 heterocycles. The molecule has 0 radical (unpaired) electrons. The number of rotatable bonds is 5. The Bertz CT molecular complexity index is 386. The van der Waals surface area contributed by atoms with E-state index in [1.165, 1.54) is 76.9 Å². The van der Waals surface area contributed by atoms with Crippen molar-refractivity contribution in [2.24, 2.45) is 0 Å². The van der Waals surface area contributed by atoms with Crippen LogP contribution in [0, 0.1) is 0 Å². The average molecular weight is 273 g/mol. The monoisotopic (exact) mass is 273 g/mol. The van der Waals surface area contributed by atoms with Crippen molar-refractivity contribution in [3.63, 3.8) is 0 Å². The zero-order chi connectivity index (χ0) is 13.6. The van der Waals surface area contributed by atoms with E-state index in [1.54, 1.807) is 0 Å². The highest BCUT2D eigenvalue weighted by molar-refractivity contribution is 5.40. The molecule has 0 aliphatic carbocycles. The Morgan fingerprint density at radius 2 is 1.95 bits per heavy atom. The summed E-state index contributed by atoms with van der Waals surface area (Å²) in [6.07, 6.45) is 11.5. The van der Waals surface area contributed by atoms with Crippen LogP contribution in [0.5, 0.6) is 0 Å². The van der Waals surface area contributed by atoms with Gasteiger partial charge in [-0.15, -0.1) is 0 Å². The Morgan fingerprint density at radius 1 is 1.05 bits per heavy atom. The predicted molar refractivity (Wildman–Crippen MR) is 84.1 cm³/mol. The van der Waals surface area contributed by atoms with E-state index in [4.69, 9.17) is 0 Å². The summed E-state index contributed by atoms with van der Waals surface area (Å²) in [5.41, 5.74) is 0. The van der Waals surface area contributed by atoms with Crippen molar-refractivity contribution in [2.75, 3.05) is 31.1 Å². The summed E-state index contributed by atoms with van der Waals surface area (Å²) >= 11 is 0. The van der Waals surface area contributed by atoms with Gasteiger partial charge in [0.1, 0.15) is 5.82 Å². The maximum absolute atomic E-state index is 4.52. The second kappa shape index (κ2) is 7.07. The number of hydrogen-bond donors (Lipinski definition) is 0. The van der Waals surface area contributed by atoms with Crippen LogP contribution in [0.4, 0.5) is 5.82 Å². The molecule has 2 aliphatic heterocycles. The van der Waals surface area contributed by atoms with Gasteiger partial charge in [-0.05, 0) is 70.3 Å². The van der Waals surface area contributed by atoms with Crippen molar-refractivity contribution in [1.82, 2.24) is 9.88 Å². The highest BCUT2D eigenvalue weighted by Gasteiger charge is 2.25. The average Bonchev–Trinajstić information content (AvgIpc) is 2.98. The van der Waals surface area contributed by atoms with Gasteiger partial charge >= 0.3 is 0 Å². The van der Waals surface area contributed by atoms with E-state index >= 15 is 0 Å². The largest absolute Gasteiger partial charge is 0.354 e. The summed E-state index contributed by atoms with van der Waals surface area (Å²) in [7, 11) is 0. The second-order valence-corrected chi connectivity index (χ2v) is 6.22. The van der Waals surface area contributed by atoms with Gasteiger partial charge in [-0.3, -0.25) is 0 Å². The molecule has 0 spiro atoms. The molecule has 0 amide bonds. The maximum Gasteiger partial charge on any atom is 0.128 e. The van der Waals surface area contributed by atoms with E-state index < -0.39 is 0 Å². The zero-order valence-electron chi connectivity index (χ0n) is 12.5. The van der Waals surface area contributed by atoms with Crippen LogP contribution in [0.3, 0.4) is 0 Å². The minimum Gasteiger partial charge on any atom is -0.354 e. The molecule has 20 heavy (non-hydrogen) atoms. The number of piperidine rings is 1. The third-order valence-electron chi connectivity index (χ3n) is 4.78. The number of nitrogens with zero attached hydrogens (tertiary/aromatic N) is 3. The molecule has 2 fully saturated rings. The maximum atomic E-state index is 4.52. The molecule has 0 bridgehead atoms. The first-order valence-electron chi connectivity index (χ1n) is 8.33. The van der Waals surface area contributed by atoms with Crippen molar-refractivity contribution in [1.29, 1.82) is 0 Å². The molecule has 3 nitrogen and oxygen atoms in total. The van der Waals surface area contributed by atoms with Crippen molar-refractivity contribution in [2.45, 2.75) is 51.0 Å². The fourth-order valence-electron chi connectivity index (χ4n) is 3.69. The van der Waals surface area contributed by atoms with Gasteiger partial charge in [-0.2, -0.15) is 0 Å². The molecule has 0 unspecified atom stereocenters. The lowest BCUT2D eigenvalue weighted by Crippen LogP contribution is -2.33. The predicted octanol–water partition coefficient (Wildman–Crippen LogP) is 3.32. The normalized spacial score (nSPS) is 24.2. The van der Waals surface area contributed by atoms with E-state index in [9.17, 15) is 0 Å². The first-order chi connectivity index (χ1) is 9.93. The van der Waals surface area contributed by atoms with Crippen LogP contribution in [-0.2, 0) is 0 Å². The topological polar surface area (TPSA) is 19.4 Å². The van der Waals surface area contributed by atoms with Gasteiger partial charge in [0.25, 0.3) is 0 Å². The molecule has 0 N–H and O–H groups in total. The minimum absolute atomic E-state index is 0.717. The van der Waals surface area contributed by atoms with E-state index in [-0.39, 0.29) is 0 Å². The molecular formula is C17H27N3. The molecule has 110 valence electrons. The Hall–Kier alpha value is -1.09. The minimum atomic E-state index is 0.717. The van der Waals surface area contributed by atoms with E-state index in [2.05, 4.69) is 26.9 Å². The highest BCUT2D eigenvalue weighted by atomic mass is 15.2. The summed E-state index contributed by atoms with van der Waals surface area (Å²) in [4.78, 5) is 9.70. The van der Waals surface area contributed by atoms with Crippen molar-refractivity contribution in [3.8, 4) is 0 Å². The molecular weight excluding hydrogens is 246 g/mol. The highest BCUT2D eigenvalue weighted by Crippen LogP contribution is 2.26. The molecule has 2 aliphatic rings. The van der Waals surface area contributed by atoms with E-state index in [0.717, 1.165) is 6.04 Å². The van der Waals surface area contributed by atoms with Gasteiger partial charge in [0.2, 0.25) is 0 Å². The third-order valence-corrected chi connectivity index (χ3v) is 4.78. The molecule has 1 aromatic rings. The van der Waals surface area contributed by atoms with Gasteiger partial charge in [-0.1, -0.05) is 12.5 Å². The van der Waals surface area contributed by atoms with Crippen molar-refractivity contribution < 1.29 is 0 Å². The summed E-state index contributed by atoms with van der Waals surface area (Å²) in [5.74, 6) is 1.17. The Balaban J connectivity index is 1.46. The Morgan fingerprint density at radius 3 is 2.75 bits per heavy atom. The lowest BCUT2D eigenvalue weighted by atomic mass is 10.1. The number of anilines is 1. The van der Waals surface area contributed by atoms with Crippen LogP contribution in [0.25, 0.3) is 0 Å². The first kappa shape index (κ1) is 13.9. The third kappa shape index (κ3) is 3.51. The fraction of sp³-hybridized carbons (Fsp3) is 0.706. The van der Waals surface area contributed by atoms with Crippen LogP contribution in [-0.4, -0.2) is 42.1 Å². The Labute approximate surface area is 123 Å².